The Morgan fingerprint density at radius 1 is 0.263 bits per heavy atom. The predicted octanol–water partition coefficient (Wildman–Crippen LogP) is 7.68. The van der Waals surface area contributed by atoms with Crippen LogP contribution in [0.25, 0.3) is 0 Å². The van der Waals surface area contributed by atoms with Gasteiger partial charge in [0.25, 0.3) is 0 Å². The standard InChI is InChI=1S/C12F25.Na.H/c13-1(14)2(15,16)3(17,18)4(19,20)5(21,22)6(23,24)7(25,26)8(27,28)9(29,30)10(31,32)11(33,34)12(35,36)37;;. The Labute approximate surface area is 211 Å². The van der Waals surface area contributed by atoms with Gasteiger partial charge in [-0.25, -0.2) is 0 Å². The number of hydrogen-bond acceptors (Lipinski definition) is 0. The van der Waals surface area contributed by atoms with E-state index in [0.717, 1.165) is 0 Å². The fourth-order valence-corrected chi connectivity index (χ4v) is 1.87. The van der Waals surface area contributed by atoms with E-state index in [1.807, 2.05) is 0 Å². The van der Waals surface area contributed by atoms with Crippen molar-refractivity contribution in [1.82, 2.24) is 0 Å². The molecule has 0 fully saturated rings. The van der Waals surface area contributed by atoms with Crippen LogP contribution in [0.15, 0.2) is 0 Å². The summed E-state index contributed by atoms with van der Waals surface area (Å²) in [5.41, 5.74) is 0. The van der Waals surface area contributed by atoms with Crippen molar-refractivity contribution in [2.24, 2.45) is 0 Å². The molecule has 0 nitrogen and oxygen atoms in total. The topological polar surface area (TPSA) is 0 Å². The molecule has 0 unspecified atom stereocenters. The van der Waals surface area contributed by atoms with Crippen molar-refractivity contribution in [1.29, 1.82) is 0 Å². The maximum atomic E-state index is 13.3. The van der Waals surface area contributed by atoms with Crippen molar-refractivity contribution >= 4 is 29.6 Å². The van der Waals surface area contributed by atoms with Crippen LogP contribution in [0.2, 0.25) is 0 Å². The van der Waals surface area contributed by atoms with Crippen LogP contribution in [0.5, 0.6) is 0 Å². The van der Waals surface area contributed by atoms with E-state index in [1.165, 1.54) is 0 Å². The molecule has 0 amide bonds. The summed E-state index contributed by atoms with van der Waals surface area (Å²) in [6.45, 7) is 0. The second-order valence-corrected chi connectivity index (χ2v) is 6.50. The first-order valence-corrected chi connectivity index (χ1v) is 7.47. The van der Waals surface area contributed by atoms with Gasteiger partial charge >= 0.3 is 101 Å². The second-order valence-electron chi connectivity index (χ2n) is 6.50. The summed E-state index contributed by atoms with van der Waals surface area (Å²) in [4.78, 5) is 0. The van der Waals surface area contributed by atoms with Gasteiger partial charge in [-0.3, -0.25) is 0 Å². The van der Waals surface area contributed by atoms with E-state index >= 15 is 0 Å². The van der Waals surface area contributed by atoms with Crippen LogP contribution in [-0.4, -0.2) is 95.0 Å². The number of rotatable bonds is 10. The fraction of sp³-hybridized carbons (Fsp3) is 0.917. The van der Waals surface area contributed by atoms with Gasteiger partial charge in [0.2, 0.25) is 0 Å². The number of alkyl halides is 23. The van der Waals surface area contributed by atoms with Gasteiger partial charge in [0.05, 0.1) is 0 Å². The van der Waals surface area contributed by atoms with Gasteiger partial charge in [0.1, 0.15) is 0 Å². The molecule has 0 spiro atoms. The van der Waals surface area contributed by atoms with Crippen LogP contribution in [-0.2, 0) is 0 Å². The summed E-state index contributed by atoms with van der Waals surface area (Å²) in [7, 11) is 0. The molecule has 1 radical (unpaired) electrons. The summed E-state index contributed by atoms with van der Waals surface area (Å²) >= 11 is 0. The van der Waals surface area contributed by atoms with E-state index in [-0.39, 0.29) is 29.6 Å². The first-order valence-electron chi connectivity index (χ1n) is 7.47. The van der Waals surface area contributed by atoms with Gasteiger partial charge in [-0.2, -0.15) is 110 Å². The minimum atomic E-state index is -9.55. The van der Waals surface area contributed by atoms with Crippen molar-refractivity contribution in [3.63, 3.8) is 0 Å². The monoisotopic (exact) mass is 643 g/mol. The van der Waals surface area contributed by atoms with Crippen LogP contribution in [0.3, 0.4) is 0 Å². The molecule has 0 heterocycles. The quantitative estimate of drug-likeness (QED) is 0.169. The summed E-state index contributed by atoms with van der Waals surface area (Å²) in [5, 5.41) is 0. The van der Waals surface area contributed by atoms with Crippen LogP contribution < -0.4 is 0 Å². The van der Waals surface area contributed by atoms with E-state index in [4.69, 9.17) is 0 Å². The Kier molecular flexibility index (Phi) is 10.0. The predicted molar refractivity (Wildman–Crippen MR) is 68.1 cm³/mol. The molecule has 26 heteroatoms. The molecule has 225 valence electrons. The Bertz CT molecular complexity index is 832. The van der Waals surface area contributed by atoms with Gasteiger partial charge in [0, 0.05) is 0 Å². The molecular formula is C12HF25Na. The third-order valence-electron chi connectivity index (χ3n) is 4.14. The second kappa shape index (κ2) is 9.67. The number of hydrogen-bond donors (Lipinski definition) is 0. The zero-order chi connectivity index (χ0) is 31.1. The summed E-state index contributed by atoms with van der Waals surface area (Å²) in [5.74, 6) is -90.9. The van der Waals surface area contributed by atoms with Gasteiger partial charge in [-0.1, -0.05) is 0 Å². The summed E-state index contributed by atoms with van der Waals surface area (Å²) in [6, 6.07) is 0. The van der Waals surface area contributed by atoms with Crippen molar-refractivity contribution in [3.05, 3.63) is 6.43 Å². The van der Waals surface area contributed by atoms with Crippen LogP contribution in [0, 0.1) is 6.43 Å². The van der Waals surface area contributed by atoms with E-state index in [0.29, 0.717) is 0 Å². The molecule has 38 heavy (non-hydrogen) atoms. The first kappa shape index (κ1) is 39.4. The van der Waals surface area contributed by atoms with Crippen molar-refractivity contribution in [3.8, 4) is 0 Å². The van der Waals surface area contributed by atoms with Crippen LogP contribution >= 0.6 is 0 Å². The van der Waals surface area contributed by atoms with Crippen LogP contribution in [0.1, 0.15) is 0 Å². The Balaban J connectivity index is 0. The molecule has 0 N–H and O–H groups in total. The third kappa shape index (κ3) is 4.56. The van der Waals surface area contributed by atoms with Gasteiger partial charge in [0.15, 0.2) is 0 Å². The fourth-order valence-electron chi connectivity index (χ4n) is 1.87. The Morgan fingerprint density at radius 3 is 0.579 bits per heavy atom. The normalized spacial score (nSPS) is 16.6. The molecule has 0 atom stereocenters. The van der Waals surface area contributed by atoms with Gasteiger partial charge in [-0.05, 0) is 0 Å². The van der Waals surface area contributed by atoms with Crippen molar-refractivity contribution in [2.45, 2.75) is 65.4 Å². The first-order chi connectivity index (χ1) is 15.4. The van der Waals surface area contributed by atoms with E-state index in [9.17, 15) is 110 Å². The molecule has 0 rings (SSSR count). The van der Waals surface area contributed by atoms with Gasteiger partial charge < -0.3 is 0 Å². The average Bonchev–Trinajstić information content (AvgIpc) is 2.65. The Morgan fingerprint density at radius 2 is 0.421 bits per heavy atom. The zero-order valence-electron chi connectivity index (χ0n) is 15.4. The maximum absolute atomic E-state index is 13.3. The number of halogens is 25. The average molecular weight is 643 g/mol. The van der Waals surface area contributed by atoms with Crippen molar-refractivity contribution < 1.29 is 110 Å². The molecule has 0 saturated heterocycles. The van der Waals surface area contributed by atoms with Gasteiger partial charge in [-0.15, -0.1) is 0 Å². The SMILES string of the molecule is F[C](F)C(F)(F)C(F)(F)C(F)(F)C(F)(F)C(F)(F)C(F)(F)C(F)(F)C(F)(F)C(F)(F)C(F)(F)C(F)(F)F.[NaH]. The molecule has 0 aliphatic rings. The van der Waals surface area contributed by atoms with Crippen molar-refractivity contribution in [2.75, 3.05) is 0 Å². The van der Waals surface area contributed by atoms with E-state index in [1.54, 1.807) is 0 Å². The molecule has 0 bridgehead atoms. The zero-order valence-corrected chi connectivity index (χ0v) is 15.4. The molecule has 0 aromatic carbocycles. The van der Waals surface area contributed by atoms with Crippen LogP contribution in [0.4, 0.5) is 110 Å². The summed E-state index contributed by atoms with van der Waals surface area (Å²) < 4.78 is 320. The molecule has 0 aliphatic carbocycles. The molecular weight excluding hydrogens is 642 g/mol. The third-order valence-corrected chi connectivity index (χ3v) is 4.14. The Hall–Kier alpha value is -0.750. The van der Waals surface area contributed by atoms with E-state index < -0.39 is 71.8 Å². The molecule has 0 aromatic rings. The molecule has 0 aromatic heterocycles. The molecule has 0 saturated carbocycles. The minimum absolute atomic E-state index is 0. The summed E-state index contributed by atoms with van der Waals surface area (Å²) in [6.07, 6.45) is -13.5. The van der Waals surface area contributed by atoms with E-state index in [2.05, 4.69) is 0 Å². The molecule has 0 aliphatic heterocycles.